The van der Waals surface area contributed by atoms with E-state index in [4.69, 9.17) is 4.74 Å². The average Bonchev–Trinajstić information content (AvgIpc) is 2.33. The highest BCUT2D eigenvalue weighted by molar-refractivity contribution is 5.77. The number of carbonyl (C=O) groups is 1. The largest absolute Gasteiger partial charge is 0.363 e. The van der Waals surface area contributed by atoms with E-state index in [1.807, 2.05) is 13.8 Å². The van der Waals surface area contributed by atoms with Crippen LogP contribution in [0.5, 0.6) is 0 Å². The summed E-state index contributed by atoms with van der Waals surface area (Å²) in [6.45, 7) is 5.91. The van der Waals surface area contributed by atoms with Crippen molar-refractivity contribution in [2.75, 3.05) is 19.7 Å². The first-order valence-electron chi connectivity index (χ1n) is 5.96. The highest BCUT2D eigenvalue weighted by Crippen LogP contribution is 2.14. The predicted molar refractivity (Wildman–Crippen MR) is 65.8 cm³/mol. The number of rotatable bonds is 5. The van der Waals surface area contributed by atoms with Crippen LogP contribution in [0, 0.1) is 6.92 Å². The first-order chi connectivity index (χ1) is 8.57. The molecule has 1 aliphatic heterocycles. The topological polar surface area (TPSA) is 76.1 Å². The lowest BCUT2D eigenvalue weighted by molar-refractivity contribution is -0.136. The fourth-order valence-electron chi connectivity index (χ4n) is 1.57. The zero-order chi connectivity index (χ0) is 13.0. The Bertz CT molecular complexity index is 415. The number of carbonyl (C=O) groups excluding carboxylic acids is 1. The summed E-state index contributed by atoms with van der Waals surface area (Å²) in [6.07, 6.45) is 3.34. The minimum Gasteiger partial charge on any atom is -0.363 e. The van der Waals surface area contributed by atoms with E-state index in [0.29, 0.717) is 6.54 Å². The van der Waals surface area contributed by atoms with Gasteiger partial charge in [-0.15, -0.1) is 0 Å². The van der Waals surface area contributed by atoms with E-state index in [1.54, 1.807) is 12.4 Å². The molecule has 0 radical (unpaired) electrons. The van der Waals surface area contributed by atoms with E-state index in [1.165, 1.54) is 0 Å². The predicted octanol–water partition coefficient (Wildman–Crippen LogP) is -0.220. The van der Waals surface area contributed by atoms with Crippen molar-refractivity contribution in [3.63, 3.8) is 0 Å². The van der Waals surface area contributed by atoms with Gasteiger partial charge in [-0.25, -0.2) is 0 Å². The van der Waals surface area contributed by atoms with Gasteiger partial charge in [0, 0.05) is 19.3 Å². The monoisotopic (exact) mass is 250 g/mol. The van der Waals surface area contributed by atoms with Crippen molar-refractivity contribution in [1.82, 2.24) is 20.6 Å². The molecule has 2 heterocycles. The van der Waals surface area contributed by atoms with Gasteiger partial charge in [-0.05, 0) is 13.8 Å². The number of nitrogens with one attached hydrogen (secondary N) is 2. The van der Waals surface area contributed by atoms with Crippen LogP contribution >= 0.6 is 0 Å². The quantitative estimate of drug-likeness (QED) is 0.755. The Morgan fingerprint density at radius 2 is 2.28 bits per heavy atom. The van der Waals surface area contributed by atoms with Crippen LogP contribution in [0.4, 0.5) is 0 Å². The number of aryl methyl sites for hydroxylation is 1. The summed E-state index contributed by atoms with van der Waals surface area (Å²) in [7, 11) is 0. The fraction of sp³-hybridized carbons (Fsp3) is 0.583. The van der Waals surface area contributed by atoms with Crippen molar-refractivity contribution < 1.29 is 9.53 Å². The Balaban J connectivity index is 1.69. The molecule has 2 N–H and O–H groups in total. The summed E-state index contributed by atoms with van der Waals surface area (Å²) < 4.78 is 5.52. The first-order valence-corrected chi connectivity index (χ1v) is 5.96. The van der Waals surface area contributed by atoms with Crippen molar-refractivity contribution in [3.05, 3.63) is 23.8 Å². The van der Waals surface area contributed by atoms with E-state index >= 15 is 0 Å². The molecule has 18 heavy (non-hydrogen) atoms. The molecule has 2 rings (SSSR count). The molecular weight excluding hydrogens is 232 g/mol. The number of hydrogen-bond donors (Lipinski definition) is 2. The Kier molecular flexibility index (Phi) is 3.88. The number of hydrogen-bond acceptors (Lipinski definition) is 5. The molecule has 1 amide bonds. The Morgan fingerprint density at radius 1 is 1.50 bits per heavy atom. The number of amides is 1. The second-order valence-corrected chi connectivity index (χ2v) is 4.77. The highest BCUT2D eigenvalue weighted by Gasteiger charge is 2.32. The third-order valence-electron chi connectivity index (χ3n) is 2.85. The summed E-state index contributed by atoms with van der Waals surface area (Å²) in [6, 6.07) is 0. The highest BCUT2D eigenvalue weighted by atomic mass is 16.5. The molecule has 6 heteroatoms. The fourth-order valence-corrected chi connectivity index (χ4v) is 1.57. The molecular formula is C12H18N4O2. The number of ether oxygens (including phenoxy) is 1. The maximum Gasteiger partial charge on any atom is 0.246 e. The van der Waals surface area contributed by atoms with Crippen LogP contribution in [-0.4, -0.2) is 41.2 Å². The van der Waals surface area contributed by atoms with Crippen LogP contribution in [-0.2, 0) is 16.1 Å². The maximum absolute atomic E-state index is 11.6. The minimum atomic E-state index is -0.193. The SMILES string of the molecule is Cc1cnc(CNC(=O)COC2(C)CNC2)cn1. The van der Waals surface area contributed by atoms with Crippen LogP contribution in [0.3, 0.4) is 0 Å². The smallest absolute Gasteiger partial charge is 0.246 e. The molecule has 1 aromatic heterocycles. The van der Waals surface area contributed by atoms with Gasteiger partial charge in [0.1, 0.15) is 6.61 Å². The summed E-state index contributed by atoms with van der Waals surface area (Å²) in [5.41, 5.74) is 1.41. The van der Waals surface area contributed by atoms with Gasteiger partial charge in [-0.3, -0.25) is 14.8 Å². The summed E-state index contributed by atoms with van der Waals surface area (Å²) in [5.74, 6) is -0.134. The van der Waals surface area contributed by atoms with Crippen molar-refractivity contribution in [2.24, 2.45) is 0 Å². The van der Waals surface area contributed by atoms with Crippen molar-refractivity contribution >= 4 is 5.91 Å². The number of nitrogens with zero attached hydrogens (tertiary/aromatic N) is 2. The Labute approximate surface area is 106 Å². The van der Waals surface area contributed by atoms with Crippen molar-refractivity contribution in [3.8, 4) is 0 Å². The molecule has 0 aromatic carbocycles. The Hall–Kier alpha value is -1.53. The second kappa shape index (κ2) is 5.41. The van der Waals surface area contributed by atoms with E-state index in [9.17, 15) is 4.79 Å². The van der Waals surface area contributed by atoms with Gasteiger partial charge in [-0.1, -0.05) is 0 Å². The molecule has 0 aliphatic carbocycles. The molecule has 6 nitrogen and oxygen atoms in total. The standard InChI is InChI=1S/C12H18N4O2/c1-9-3-15-10(4-14-9)5-16-11(17)6-18-12(2)7-13-8-12/h3-4,13H,5-8H2,1-2H3,(H,16,17). The zero-order valence-electron chi connectivity index (χ0n) is 10.7. The van der Waals surface area contributed by atoms with Gasteiger partial charge in [0.25, 0.3) is 0 Å². The average molecular weight is 250 g/mol. The van der Waals surface area contributed by atoms with Crippen LogP contribution in [0.1, 0.15) is 18.3 Å². The molecule has 0 bridgehead atoms. The van der Waals surface area contributed by atoms with E-state index in [-0.39, 0.29) is 18.1 Å². The summed E-state index contributed by atoms with van der Waals surface area (Å²) in [4.78, 5) is 19.8. The van der Waals surface area contributed by atoms with Crippen molar-refractivity contribution in [1.29, 1.82) is 0 Å². The normalized spacial score (nSPS) is 17.0. The van der Waals surface area contributed by atoms with Crippen LogP contribution in [0.15, 0.2) is 12.4 Å². The third-order valence-corrected chi connectivity index (χ3v) is 2.85. The molecule has 1 saturated heterocycles. The summed E-state index contributed by atoms with van der Waals surface area (Å²) >= 11 is 0. The molecule has 0 saturated carbocycles. The summed E-state index contributed by atoms with van der Waals surface area (Å²) in [5, 5.41) is 5.87. The van der Waals surface area contributed by atoms with Gasteiger partial charge in [0.15, 0.2) is 0 Å². The second-order valence-electron chi connectivity index (χ2n) is 4.77. The van der Waals surface area contributed by atoms with E-state index in [0.717, 1.165) is 24.5 Å². The van der Waals surface area contributed by atoms with E-state index in [2.05, 4.69) is 20.6 Å². The first kappa shape index (κ1) is 12.9. The Morgan fingerprint density at radius 3 is 2.83 bits per heavy atom. The van der Waals surface area contributed by atoms with Gasteiger partial charge < -0.3 is 15.4 Å². The molecule has 1 aliphatic rings. The molecule has 1 aromatic rings. The van der Waals surface area contributed by atoms with Crippen LogP contribution in [0.25, 0.3) is 0 Å². The number of aromatic nitrogens is 2. The molecule has 0 unspecified atom stereocenters. The van der Waals surface area contributed by atoms with E-state index < -0.39 is 0 Å². The van der Waals surface area contributed by atoms with Gasteiger partial charge in [0.05, 0.1) is 29.7 Å². The zero-order valence-corrected chi connectivity index (χ0v) is 10.7. The molecule has 0 spiro atoms. The molecule has 1 fully saturated rings. The van der Waals surface area contributed by atoms with Crippen molar-refractivity contribution in [2.45, 2.75) is 26.0 Å². The lowest BCUT2D eigenvalue weighted by Gasteiger charge is -2.38. The molecule has 98 valence electrons. The van der Waals surface area contributed by atoms with Crippen LogP contribution < -0.4 is 10.6 Å². The molecule has 0 atom stereocenters. The minimum absolute atomic E-state index is 0.0808. The van der Waals surface area contributed by atoms with Gasteiger partial charge in [-0.2, -0.15) is 0 Å². The van der Waals surface area contributed by atoms with Gasteiger partial charge >= 0.3 is 0 Å². The van der Waals surface area contributed by atoms with Gasteiger partial charge in [0.2, 0.25) is 5.91 Å². The third kappa shape index (κ3) is 3.48. The maximum atomic E-state index is 11.6. The lowest BCUT2D eigenvalue weighted by atomic mass is 10.0. The lowest BCUT2D eigenvalue weighted by Crippen LogP contribution is -2.59. The van der Waals surface area contributed by atoms with Crippen LogP contribution in [0.2, 0.25) is 0 Å².